The number of amides is 2. The van der Waals surface area contributed by atoms with Crippen LogP contribution in [0, 0.1) is 11.3 Å². The van der Waals surface area contributed by atoms with Gasteiger partial charge in [0.1, 0.15) is 6.61 Å². The van der Waals surface area contributed by atoms with Crippen LogP contribution < -0.4 is 10.6 Å². The molecule has 2 aromatic carbocycles. The zero-order valence-electron chi connectivity index (χ0n) is 20.4. The van der Waals surface area contributed by atoms with E-state index in [4.69, 9.17) is 9.84 Å². The highest BCUT2D eigenvalue weighted by Gasteiger charge is 2.31. The Kier molecular flexibility index (Phi) is 7.43. The summed E-state index contributed by atoms with van der Waals surface area (Å²) in [6.07, 6.45) is 2.26. The maximum Gasteiger partial charge on any atom is 0.407 e. The monoisotopic (exact) mass is 478 g/mol. The van der Waals surface area contributed by atoms with E-state index in [9.17, 15) is 14.4 Å². The summed E-state index contributed by atoms with van der Waals surface area (Å²) in [6, 6.07) is 16.4. The maximum atomic E-state index is 12.6. The fourth-order valence-corrected chi connectivity index (χ4v) is 5.38. The van der Waals surface area contributed by atoms with Crippen molar-refractivity contribution in [1.82, 2.24) is 10.6 Å². The second-order valence-corrected chi connectivity index (χ2v) is 10.6. The molecule has 186 valence electrons. The van der Waals surface area contributed by atoms with E-state index in [1.807, 2.05) is 38.1 Å². The van der Waals surface area contributed by atoms with E-state index in [0.29, 0.717) is 13.0 Å². The van der Waals surface area contributed by atoms with Crippen molar-refractivity contribution in [3.8, 4) is 11.1 Å². The zero-order valence-corrected chi connectivity index (χ0v) is 20.4. The van der Waals surface area contributed by atoms with E-state index >= 15 is 0 Å². The molecule has 7 heteroatoms. The molecular weight excluding hydrogens is 444 g/mol. The van der Waals surface area contributed by atoms with Gasteiger partial charge in [-0.15, -0.1) is 0 Å². The predicted molar refractivity (Wildman–Crippen MR) is 133 cm³/mol. The first-order chi connectivity index (χ1) is 16.7. The minimum absolute atomic E-state index is 0.00306. The van der Waals surface area contributed by atoms with Crippen LogP contribution in [0.5, 0.6) is 0 Å². The van der Waals surface area contributed by atoms with Crippen molar-refractivity contribution in [2.75, 3.05) is 13.2 Å². The van der Waals surface area contributed by atoms with Crippen LogP contribution in [0.15, 0.2) is 48.5 Å². The topological polar surface area (TPSA) is 105 Å². The van der Waals surface area contributed by atoms with Crippen molar-refractivity contribution in [2.24, 2.45) is 11.3 Å². The number of hydrogen-bond acceptors (Lipinski definition) is 4. The molecule has 0 radical (unpaired) electrons. The van der Waals surface area contributed by atoms with Crippen molar-refractivity contribution in [1.29, 1.82) is 0 Å². The number of hydrogen-bond donors (Lipinski definition) is 3. The first kappa shape index (κ1) is 24.8. The lowest BCUT2D eigenvalue weighted by atomic mass is 9.88. The molecule has 2 aliphatic carbocycles. The number of alkyl carbamates (subject to hydrolysis) is 1. The number of benzene rings is 2. The largest absolute Gasteiger partial charge is 0.481 e. The van der Waals surface area contributed by atoms with Crippen molar-refractivity contribution >= 4 is 18.0 Å². The molecule has 2 amide bonds. The molecule has 2 unspecified atom stereocenters. The standard InChI is InChI=1S/C28H34N2O5/c1-28(2,15-25(31)30-19-12-11-18(13-19)14-26(32)33)17-29-27(34)35-16-24-22-9-5-3-7-20(22)21-8-4-6-10-23(21)24/h3-10,18-19,24H,11-17H2,1-2H3,(H,29,34)(H,30,31)(H,32,33). The van der Waals surface area contributed by atoms with Gasteiger partial charge in [-0.2, -0.15) is 0 Å². The second-order valence-electron chi connectivity index (χ2n) is 10.6. The molecule has 0 heterocycles. The fourth-order valence-electron chi connectivity index (χ4n) is 5.38. The number of carboxylic acid groups (broad SMARTS) is 1. The van der Waals surface area contributed by atoms with Crippen molar-refractivity contribution in [3.63, 3.8) is 0 Å². The van der Waals surface area contributed by atoms with Gasteiger partial charge < -0.3 is 20.5 Å². The highest BCUT2D eigenvalue weighted by Crippen LogP contribution is 2.44. The Morgan fingerprint density at radius 2 is 1.63 bits per heavy atom. The molecule has 1 saturated carbocycles. The molecule has 0 bridgehead atoms. The summed E-state index contributed by atoms with van der Waals surface area (Å²) in [5, 5.41) is 14.8. The summed E-state index contributed by atoms with van der Waals surface area (Å²) in [4.78, 5) is 35.9. The molecule has 4 rings (SSSR count). The number of rotatable bonds is 9. The summed E-state index contributed by atoms with van der Waals surface area (Å²) < 4.78 is 5.59. The number of fused-ring (bicyclic) bond motifs is 3. The van der Waals surface area contributed by atoms with Crippen LogP contribution >= 0.6 is 0 Å². The smallest absolute Gasteiger partial charge is 0.407 e. The number of nitrogens with one attached hydrogen (secondary N) is 2. The van der Waals surface area contributed by atoms with Crippen LogP contribution in [0.25, 0.3) is 11.1 Å². The van der Waals surface area contributed by atoms with Crippen molar-refractivity contribution in [2.45, 2.75) is 57.9 Å². The third-order valence-electron chi connectivity index (χ3n) is 7.06. The molecule has 7 nitrogen and oxygen atoms in total. The summed E-state index contributed by atoms with van der Waals surface area (Å²) in [5.41, 5.74) is 4.24. The van der Waals surface area contributed by atoms with Crippen LogP contribution in [0.3, 0.4) is 0 Å². The summed E-state index contributed by atoms with van der Waals surface area (Å²) in [6.45, 7) is 4.42. The van der Waals surface area contributed by atoms with E-state index in [1.54, 1.807) is 0 Å². The summed E-state index contributed by atoms with van der Waals surface area (Å²) in [7, 11) is 0. The number of carboxylic acids is 1. The maximum absolute atomic E-state index is 12.6. The van der Waals surface area contributed by atoms with Gasteiger partial charge in [-0.25, -0.2) is 4.79 Å². The Hall–Kier alpha value is -3.35. The highest BCUT2D eigenvalue weighted by atomic mass is 16.5. The fraction of sp³-hybridized carbons (Fsp3) is 0.464. The van der Waals surface area contributed by atoms with Gasteiger partial charge in [0.2, 0.25) is 5.91 Å². The Morgan fingerprint density at radius 3 is 2.26 bits per heavy atom. The van der Waals surface area contributed by atoms with Gasteiger partial charge in [0.25, 0.3) is 0 Å². The molecule has 2 aromatic rings. The predicted octanol–water partition coefficient (Wildman–Crippen LogP) is 4.70. The van der Waals surface area contributed by atoms with Gasteiger partial charge in [0, 0.05) is 31.3 Å². The molecule has 3 N–H and O–H groups in total. The Bertz CT molecular complexity index is 1050. The van der Waals surface area contributed by atoms with Crippen molar-refractivity contribution in [3.05, 3.63) is 59.7 Å². The van der Waals surface area contributed by atoms with Gasteiger partial charge in [-0.05, 0) is 52.8 Å². The van der Waals surface area contributed by atoms with Gasteiger partial charge in [-0.1, -0.05) is 62.4 Å². The minimum atomic E-state index is -0.789. The molecule has 0 saturated heterocycles. The SMILES string of the molecule is CC(C)(CNC(=O)OCC1c2ccccc2-c2ccccc21)CC(=O)NC1CCC(CC(=O)O)C1. The quantitative estimate of drug-likeness (QED) is 0.485. The van der Waals surface area contributed by atoms with E-state index in [0.717, 1.165) is 24.0 Å². The van der Waals surface area contributed by atoms with E-state index in [-0.39, 0.29) is 43.2 Å². The minimum Gasteiger partial charge on any atom is -0.481 e. The van der Waals surface area contributed by atoms with E-state index < -0.39 is 17.5 Å². The lowest BCUT2D eigenvalue weighted by Crippen LogP contribution is -2.40. The molecule has 2 atom stereocenters. The normalized spacial score (nSPS) is 19.0. The third-order valence-corrected chi connectivity index (χ3v) is 7.06. The van der Waals surface area contributed by atoms with Gasteiger partial charge in [0.15, 0.2) is 0 Å². The summed E-state index contributed by atoms with van der Waals surface area (Å²) >= 11 is 0. The lowest BCUT2D eigenvalue weighted by molar-refractivity contribution is -0.138. The second kappa shape index (κ2) is 10.5. The van der Waals surface area contributed by atoms with Crippen LogP contribution in [0.1, 0.15) is 63.0 Å². The lowest BCUT2D eigenvalue weighted by Gasteiger charge is -2.25. The van der Waals surface area contributed by atoms with E-state index in [2.05, 4.69) is 34.9 Å². The third kappa shape index (κ3) is 6.21. The first-order valence-corrected chi connectivity index (χ1v) is 12.3. The molecule has 0 aliphatic heterocycles. The van der Waals surface area contributed by atoms with Crippen LogP contribution in [-0.4, -0.2) is 42.3 Å². The van der Waals surface area contributed by atoms with Crippen molar-refractivity contribution < 1.29 is 24.2 Å². The Balaban J connectivity index is 1.23. The number of carbonyl (C=O) groups is 3. The molecular formula is C28H34N2O5. The molecule has 35 heavy (non-hydrogen) atoms. The Labute approximate surface area is 206 Å². The molecule has 0 spiro atoms. The Morgan fingerprint density at radius 1 is 1.00 bits per heavy atom. The van der Waals surface area contributed by atoms with E-state index in [1.165, 1.54) is 11.1 Å². The van der Waals surface area contributed by atoms with Crippen LogP contribution in [-0.2, 0) is 14.3 Å². The summed E-state index contributed by atoms with van der Waals surface area (Å²) in [5.74, 6) is -0.739. The average Bonchev–Trinajstić information content (AvgIpc) is 3.37. The average molecular weight is 479 g/mol. The van der Waals surface area contributed by atoms with Gasteiger partial charge >= 0.3 is 12.1 Å². The van der Waals surface area contributed by atoms with Gasteiger partial charge in [0.05, 0.1) is 0 Å². The van der Waals surface area contributed by atoms with Gasteiger partial charge in [-0.3, -0.25) is 9.59 Å². The first-order valence-electron chi connectivity index (χ1n) is 12.3. The van der Waals surface area contributed by atoms with Crippen LogP contribution in [0.4, 0.5) is 4.79 Å². The molecule has 2 aliphatic rings. The number of carbonyl (C=O) groups excluding carboxylic acids is 2. The number of aliphatic carboxylic acids is 1. The van der Waals surface area contributed by atoms with Crippen LogP contribution in [0.2, 0.25) is 0 Å². The highest BCUT2D eigenvalue weighted by molar-refractivity contribution is 5.79. The zero-order chi connectivity index (χ0) is 25.0. The molecule has 0 aromatic heterocycles. The molecule has 1 fully saturated rings. The number of ether oxygens (including phenoxy) is 1.